The molecule has 0 atom stereocenters. The topological polar surface area (TPSA) is 87.7 Å². The number of hydrogen-bond acceptors (Lipinski definition) is 4. The molecular formula is C22H20N2O4. The van der Waals surface area contributed by atoms with E-state index in [0.29, 0.717) is 11.3 Å². The minimum absolute atomic E-state index is 0.0816. The summed E-state index contributed by atoms with van der Waals surface area (Å²) in [5.41, 5.74) is 0.690. The molecule has 0 spiro atoms. The van der Waals surface area contributed by atoms with E-state index in [1.54, 1.807) is 36.4 Å². The van der Waals surface area contributed by atoms with Crippen molar-refractivity contribution in [2.75, 3.05) is 13.1 Å². The van der Waals surface area contributed by atoms with Gasteiger partial charge in [0.15, 0.2) is 0 Å². The Morgan fingerprint density at radius 1 is 0.714 bits per heavy atom. The lowest BCUT2D eigenvalue weighted by molar-refractivity contribution is 0.0926. The fraction of sp³-hybridized carbons (Fsp3) is 0.0909. The lowest BCUT2D eigenvalue weighted by atomic mass is 10.2. The minimum atomic E-state index is -0.394. The van der Waals surface area contributed by atoms with Crippen LogP contribution in [-0.4, -0.2) is 30.0 Å². The van der Waals surface area contributed by atoms with Crippen LogP contribution in [0.1, 0.15) is 20.7 Å². The first-order valence-electron chi connectivity index (χ1n) is 8.81. The molecule has 3 aromatic rings. The molecule has 3 aromatic carbocycles. The number of amides is 2. The number of para-hydroxylation sites is 2. The van der Waals surface area contributed by atoms with Gasteiger partial charge in [-0.05, 0) is 48.5 Å². The van der Waals surface area contributed by atoms with Crippen molar-refractivity contribution in [2.45, 2.75) is 0 Å². The van der Waals surface area contributed by atoms with Crippen molar-refractivity contribution < 1.29 is 19.4 Å². The van der Waals surface area contributed by atoms with Crippen LogP contribution in [0.2, 0.25) is 0 Å². The molecule has 28 heavy (non-hydrogen) atoms. The fourth-order valence-electron chi connectivity index (χ4n) is 2.51. The van der Waals surface area contributed by atoms with Crippen LogP contribution in [0.4, 0.5) is 0 Å². The predicted octanol–water partition coefficient (Wildman–Crippen LogP) is 3.34. The highest BCUT2D eigenvalue weighted by molar-refractivity contribution is 5.97. The molecule has 0 bridgehead atoms. The summed E-state index contributed by atoms with van der Waals surface area (Å²) in [5.74, 6) is 0.636. The summed E-state index contributed by atoms with van der Waals surface area (Å²) in [6.07, 6.45) is 0. The van der Waals surface area contributed by atoms with Gasteiger partial charge >= 0.3 is 0 Å². The molecule has 0 aromatic heterocycles. The molecule has 2 amide bonds. The van der Waals surface area contributed by atoms with Crippen molar-refractivity contribution in [1.82, 2.24) is 10.6 Å². The van der Waals surface area contributed by atoms with Crippen LogP contribution >= 0.6 is 0 Å². The summed E-state index contributed by atoms with van der Waals surface area (Å²) in [6.45, 7) is 0.508. The first kappa shape index (κ1) is 19.0. The summed E-state index contributed by atoms with van der Waals surface area (Å²) in [6, 6.07) is 22.5. The highest BCUT2D eigenvalue weighted by Gasteiger charge is 2.10. The summed E-state index contributed by atoms with van der Waals surface area (Å²) in [5, 5.41) is 15.0. The van der Waals surface area contributed by atoms with E-state index in [2.05, 4.69) is 10.6 Å². The molecule has 0 saturated carbocycles. The maximum atomic E-state index is 12.2. The van der Waals surface area contributed by atoms with Crippen molar-refractivity contribution in [3.63, 3.8) is 0 Å². The normalized spacial score (nSPS) is 10.1. The molecular weight excluding hydrogens is 356 g/mol. The van der Waals surface area contributed by atoms with E-state index in [1.807, 2.05) is 30.3 Å². The van der Waals surface area contributed by atoms with Crippen LogP contribution in [-0.2, 0) is 0 Å². The van der Waals surface area contributed by atoms with Gasteiger partial charge in [-0.2, -0.15) is 0 Å². The molecule has 0 unspecified atom stereocenters. The van der Waals surface area contributed by atoms with Crippen LogP contribution in [0.25, 0.3) is 0 Å². The monoisotopic (exact) mass is 376 g/mol. The minimum Gasteiger partial charge on any atom is -0.507 e. The largest absolute Gasteiger partial charge is 0.507 e. The van der Waals surface area contributed by atoms with Gasteiger partial charge in [0.05, 0.1) is 5.56 Å². The Kier molecular flexibility index (Phi) is 6.25. The second-order valence-corrected chi connectivity index (χ2v) is 5.97. The van der Waals surface area contributed by atoms with Gasteiger partial charge in [-0.1, -0.05) is 30.3 Å². The van der Waals surface area contributed by atoms with E-state index in [0.717, 1.165) is 5.75 Å². The quantitative estimate of drug-likeness (QED) is 0.552. The van der Waals surface area contributed by atoms with Crippen molar-refractivity contribution in [1.29, 1.82) is 0 Å². The van der Waals surface area contributed by atoms with Crippen molar-refractivity contribution in [3.05, 3.63) is 90.0 Å². The Labute approximate surface area is 162 Å². The molecule has 0 aliphatic heterocycles. The second-order valence-electron chi connectivity index (χ2n) is 5.97. The predicted molar refractivity (Wildman–Crippen MR) is 106 cm³/mol. The van der Waals surface area contributed by atoms with Crippen molar-refractivity contribution in [2.24, 2.45) is 0 Å². The highest BCUT2D eigenvalue weighted by atomic mass is 16.5. The summed E-state index contributed by atoms with van der Waals surface area (Å²) in [4.78, 5) is 24.1. The Balaban J connectivity index is 1.45. The number of phenols is 1. The van der Waals surface area contributed by atoms with Gasteiger partial charge in [0.25, 0.3) is 11.8 Å². The van der Waals surface area contributed by atoms with Gasteiger partial charge in [-0.15, -0.1) is 0 Å². The Morgan fingerprint density at radius 3 is 1.96 bits per heavy atom. The molecule has 142 valence electrons. The second kappa shape index (κ2) is 9.23. The summed E-state index contributed by atoms with van der Waals surface area (Å²) in [7, 11) is 0. The molecule has 0 aliphatic rings. The molecule has 0 radical (unpaired) electrons. The third-order valence-corrected chi connectivity index (χ3v) is 3.94. The molecule has 0 heterocycles. The van der Waals surface area contributed by atoms with E-state index >= 15 is 0 Å². The Morgan fingerprint density at radius 2 is 1.29 bits per heavy atom. The van der Waals surface area contributed by atoms with Crippen LogP contribution in [0, 0.1) is 0 Å². The number of rotatable bonds is 7. The molecule has 0 saturated heterocycles. The zero-order valence-electron chi connectivity index (χ0n) is 15.1. The van der Waals surface area contributed by atoms with Crippen molar-refractivity contribution in [3.8, 4) is 17.2 Å². The Bertz CT molecular complexity index is 940. The third-order valence-electron chi connectivity index (χ3n) is 3.94. The number of nitrogens with one attached hydrogen (secondary N) is 2. The van der Waals surface area contributed by atoms with Gasteiger partial charge in [-0.3, -0.25) is 9.59 Å². The lowest BCUT2D eigenvalue weighted by Gasteiger charge is -2.09. The number of phenolic OH excluding ortho intramolecular Hbond substituents is 1. The lowest BCUT2D eigenvalue weighted by Crippen LogP contribution is -2.34. The molecule has 3 N–H and O–H groups in total. The van der Waals surface area contributed by atoms with Crippen LogP contribution in [0.3, 0.4) is 0 Å². The van der Waals surface area contributed by atoms with Gasteiger partial charge in [0.1, 0.15) is 17.2 Å². The molecule has 3 rings (SSSR count). The zero-order valence-corrected chi connectivity index (χ0v) is 15.1. The average Bonchev–Trinajstić information content (AvgIpc) is 2.72. The van der Waals surface area contributed by atoms with Gasteiger partial charge in [-0.25, -0.2) is 0 Å². The van der Waals surface area contributed by atoms with Crippen LogP contribution in [0.5, 0.6) is 17.2 Å². The third kappa shape index (κ3) is 5.11. The smallest absolute Gasteiger partial charge is 0.255 e. The number of hydrogen-bond donors (Lipinski definition) is 3. The van der Waals surface area contributed by atoms with Gasteiger partial charge < -0.3 is 20.5 Å². The number of ether oxygens (including phenoxy) is 1. The molecule has 6 heteroatoms. The van der Waals surface area contributed by atoms with E-state index in [4.69, 9.17) is 4.74 Å². The standard InChI is InChI=1S/C22H20N2O4/c25-20-9-5-4-8-19(20)22(27)24-15-14-23-21(26)16-10-12-18(13-11-16)28-17-6-2-1-3-7-17/h1-13,25H,14-15H2,(H,23,26)(H,24,27). The first-order chi connectivity index (χ1) is 13.6. The molecule has 6 nitrogen and oxygen atoms in total. The van der Waals surface area contributed by atoms with Gasteiger partial charge in [0, 0.05) is 18.7 Å². The molecule has 0 aliphatic carbocycles. The highest BCUT2D eigenvalue weighted by Crippen LogP contribution is 2.21. The maximum Gasteiger partial charge on any atom is 0.255 e. The van der Waals surface area contributed by atoms with Crippen molar-refractivity contribution >= 4 is 11.8 Å². The first-order valence-corrected chi connectivity index (χ1v) is 8.81. The van der Waals surface area contributed by atoms with E-state index in [-0.39, 0.29) is 30.3 Å². The summed E-state index contributed by atoms with van der Waals surface area (Å²) < 4.78 is 5.69. The van der Waals surface area contributed by atoms with E-state index < -0.39 is 5.91 Å². The number of carbonyl (C=O) groups is 2. The Hall–Kier alpha value is -3.80. The number of carbonyl (C=O) groups excluding carboxylic acids is 2. The SMILES string of the molecule is O=C(NCCNC(=O)c1ccccc1O)c1ccc(Oc2ccccc2)cc1. The van der Waals surface area contributed by atoms with E-state index in [9.17, 15) is 14.7 Å². The van der Waals surface area contributed by atoms with Gasteiger partial charge in [0.2, 0.25) is 0 Å². The zero-order chi connectivity index (χ0) is 19.8. The number of benzene rings is 3. The van der Waals surface area contributed by atoms with Crippen LogP contribution < -0.4 is 15.4 Å². The molecule has 0 fully saturated rings. The van der Waals surface area contributed by atoms with E-state index in [1.165, 1.54) is 12.1 Å². The average molecular weight is 376 g/mol. The fourth-order valence-corrected chi connectivity index (χ4v) is 2.51. The maximum absolute atomic E-state index is 12.2. The number of aromatic hydroxyl groups is 1. The summed E-state index contributed by atoms with van der Waals surface area (Å²) >= 11 is 0. The van der Waals surface area contributed by atoms with Crippen LogP contribution in [0.15, 0.2) is 78.9 Å².